The Bertz CT molecular complexity index is 604. The molecule has 0 saturated carbocycles. The number of nitrogens with one attached hydrogen (secondary N) is 1. The van der Waals surface area contributed by atoms with Gasteiger partial charge in [0.05, 0.1) is 9.73 Å². The fourth-order valence-corrected chi connectivity index (χ4v) is 4.59. The van der Waals surface area contributed by atoms with Crippen LogP contribution in [-0.4, -0.2) is 73.1 Å². The van der Waals surface area contributed by atoms with Crippen LogP contribution in [0.5, 0.6) is 0 Å². The van der Waals surface area contributed by atoms with Crippen molar-refractivity contribution in [1.82, 2.24) is 14.5 Å². The Morgan fingerprint density at radius 3 is 2.24 bits per heavy atom. The fraction of sp³-hybridized carbons (Fsp3) is 0.727. The quantitative estimate of drug-likeness (QED) is 0.721. The van der Waals surface area contributed by atoms with Crippen molar-refractivity contribution in [1.29, 1.82) is 0 Å². The Balaban J connectivity index is 2.60. The number of carbonyl (C=O) groups is 1. The van der Waals surface area contributed by atoms with E-state index in [1.807, 2.05) is 19.1 Å². The van der Waals surface area contributed by atoms with E-state index < -0.39 is 19.9 Å². The predicted molar refractivity (Wildman–Crippen MR) is 82.7 cm³/mol. The Labute approximate surface area is 126 Å². The second-order valence-electron chi connectivity index (χ2n) is 4.87. The molecule has 8 nitrogen and oxygen atoms in total. The van der Waals surface area contributed by atoms with Crippen LogP contribution in [0.25, 0.3) is 0 Å². The number of carbonyl (C=O) groups excluding carboxylic acids is 1. The lowest BCUT2D eigenvalue weighted by atomic mass is 10.4. The maximum atomic E-state index is 11.9. The van der Waals surface area contributed by atoms with Crippen LogP contribution in [0.4, 0.5) is 4.79 Å². The number of allylic oxidation sites excluding steroid dienone is 1. The van der Waals surface area contributed by atoms with E-state index in [4.69, 9.17) is 0 Å². The van der Waals surface area contributed by atoms with E-state index in [9.17, 15) is 17.4 Å². The van der Waals surface area contributed by atoms with Gasteiger partial charge in [-0.3, -0.25) is 0 Å². The standard InChI is InChI=1S/C11H22N4O4S2/c1-4-5-6-12-11(16)14-7-9-15(10-8-14)21(18,19)13-20(2,3)17/h4-5H,6-10H2,1-3H3,(H,12,16)/b5-4+. The zero-order valence-corrected chi connectivity index (χ0v) is 14.1. The van der Waals surface area contributed by atoms with Crippen molar-refractivity contribution in [2.75, 3.05) is 45.2 Å². The minimum atomic E-state index is -3.90. The SMILES string of the molecule is C/C=C/CNC(=O)N1CCN(S(=O)(=O)N=S(C)(C)=O)CC1. The summed E-state index contributed by atoms with van der Waals surface area (Å²) < 4.78 is 39.9. The van der Waals surface area contributed by atoms with Gasteiger partial charge in [0.15, 0.2) is 0 Å². The van der Waals surface area contributed by atoms with Gasteiger partial charge in [0.1, 0.15) is 0 Å². The molecule has 0 aliphatic carbocycles. The van der Waals surface area contributed by atoms with Crippen molar-refractivity contribution >= 4 is 26.0 Å². The minimum absolute atomic E-state index is 0.151. The van der Waals surface area contributed by atoms with Crippen molar-refractivity contribution in [2.45, 2.75) is 6.92 Å². The molecule has 1 aliphatic heterocycles. The highest BCUT2D eigenvalue weighted by Gasteiger charge is 2.28. The Hall–Kier alpha value is -1.13. The molecule has 10 heteroatoms. The van der Waals surface area contributed by atoms with Gasteiger partial charge in [0, 0.05) is 45.2 Å². The number of urea groups is 1. The van der Waals surface area contributed by atoms with Crippen molar-refractivity contribution in [2.24, 2.45) is 3.77 Å². The van der Waals surface area contributed by atoms with E-state index in [0.717, 1.165) is 4.31 Å². The van der Waals surface area contributed by atoms with Crippen LogP contribution in [0.1, 0.15) is 6.92 Å². The molecule has 0 spiro atoms. The molecule has 1 rings (SSSR count). The second-order valence-corrected chi connectivity index (χ2v) is 9.25. The molecule has 0 atom stereocenters. The first-order valence-electron chi connectivity index (χ1n) is 6.48. The molecule has 0 bridgehead atoms. The van der Waals surface area contributed by atoms with Gasteiger partial charge in [0.2, 0.25) is 0 Å². The first-order valence-corrected chi connectivity index (χ1v) is 10.2. The number of amides is 2. The first-order chi connectivity index (χ1) is 9.65. The normalized spacial score (nSPS) is 18.0. The largest absolute Gasteiger partial charge is 0.335 e. The van der Waals surface area contributed by atoms with E-state index >= 15 is 0 Å². The smallest absolute Gasteiger partial charge is 0.330 e. The van der Waals surface area contributed by atoms with E-state index in [-0.39, 0.29) is 32.2 Å². The molecule has 0 aromatic rings. The Morgan fingerprint density at radius 1 is 1.19 bits per heavy atom. The third-order valence-corrected chi connectivity index (χ3v) is 5.94. The molecule has 122 valence electrons. The van der Waals surface area contributed by atoms with Crippen molar-refractivity contribution in [3.05, 3.63) is 12.2 Å². The maximum Gasteiger partial charge on any atom is 0.330 e. The van der Waals surface area contributed by atoms with Crippen LogP contribution >= 0.6 is 0 Å². The highest BCUT2D eigenvalue weighted by Crippen LogP contribution is 2.10. The number of hydrogen-bond acceptors (Lipinski definition) is 4. The minimum Gasteiger partial charge on any atom is -0.335 e. The van der Waals surface area contributed by atoms with E-state index in [1.165, 1.54) is 12.5 Å². The summed E-state index contributed by atoms with van der Waals surface area (Å²) in [6, 6.07) is -0.225. The van der Waals surface area contributed by atoms with Crippen LogP contribution in [0, 0.1) is 0 Å². The highest BCUT2D eigenvalue weighted by molar-refractivity contribution is 8.01. The maximum absolute atomic E-state index is 11.9. The van der Waals surface area contributed by atoms with Crippen molar-refractivity contribution < 1.29 is 17.4 Å². The molecule has 1 heterocycles. The molecule has 0 unspecified atom stereocenters. The molecule has 0 radical (unpaired) electrons. The topological polar surface area (TPSA) is 99.2 Å². The molecule has 1 saturated heterocycles. The predicted octanol–water partition coefficient (Wildman–Crippen LogP) is -0.138. The lowest BCUT2D eigenvalue weighted by Gasteiger charge is -2.32. The summed E-state index contributed by atoms with van der Waals surface area (Å²) in [7, 11) is -6.63. The molecule has 1 N–H and O–H groups in total. The van der Waals surface area contributed by atoms with Gasteiger partial charge >= 0.3 is 16.2 Å². The zero-order chi connectivity index (χ0) is 16.1. The van der Waals surface area contributed by atoms with Crippen molar-refractivity contribution in [3.8, 4) is 0 Å². The lowest BCUT2D eigenvalue weighted by Crippen LogP contribution is -2.52. The molecule has 1 fully saturated rings. The molecule has 0 aromatic heterocycles. The summed E-state index contributed by atoms with van der Waals surface area (Å²) in [5.41, 5.74) is 0. The molecule has 2 amide bonds. The van der Waals surface area contributed by atoms with Gasteiger partial charge in [-0.1, -0.05) is 15.9 Å². The van der Waals surface area contributed by atoms with E-state index in [2.05, 4.69) is 9.08 Å². The molecule has 0 aromatic carbocycles. The Kier molecular flexibility index (Phi) is 6.17. The van der Waals surface area contributed by atoms with Gasteiger partial charge in [-0.15, -0.1) is 0 Å². The summed E-state index contributed by atoms with van der Waals surface area (Å²) in [4.78, 5) is 13.3. The van der Waals surface area contributed by atoms with Crippen LogP contribution in [0.15, 0.2) is 15.9 Å². The van der Waals surface area contributed by atoms with Gasteiger partial charge in [-0.25, -0.2) is 9.00 Å². The molecular weight excluding hydrogens is 316 g/mol. The van der Waals surface area contributed by atoms with Gasteiger partial charge in [-0.2, -0.15) is 12.7 Å². The van der Waals surface area contributed by atoms with E-state index in [1.54, 1.807) is 4.90 Å². The van der Waals surface area contributed by atoms with Crippen LogP contribution < -0.4 is 5.32 Å². The van der Waals surface area contributed by atoms with Gasteiger partial charge in [-0.05, 0) is 6.92 Å². The average Bonchev–Trinajstić information content (AvgIpc) is 2.36. The van der Waals surface area contributed by atoms with Crippen LogP contribution in [0.2, 0.25) is 0 Å². The third-order valence-electron chi connectivity index (χ3n) is 2.73. The fourth-order valence-electron chi connectivity index (χ4n) is 1.77. The van der Waals surface area contributed by atoms with E-state index in [0.29, 0.717) is 6.54 Å². The average molecular weight is 338 g/mol. The van der Waals surface area contributed by atoms with Crippen LogP contribution in [0.3, 0.4) is 0 Å². The lowest BCUT2D eigenvalue weighted by molar-refractivity contribution is 0.173. The summed E-state index contributed by atoms with van der Waals surface area (Å²) in [5, 5.41) is 2.71. The summed E-state index contributed by atoms with van der Waals surface area (Å²) in [6.07, 6.45) is 6.20. The summed E-state index contributed by atoms with van der Waals surface area (Å²) in [6.45, 7) is 3.17. The second kappa shape index (κ2) is 7.23. The van der Waals surface area contributed by atoms with Gasteiger partial charge < -0.3 is 10.2 Å². The summed E-state index contributed by atoms with van der Waals surface area (Å²) >= 11 is 0. The monoisotopic (exact) mass is 338 g/mol. The highest BCUT2D eigenvalue weighted by atomic mass is 32.3. The molecule has 21 heavy (non-hydrogen) atoms. The number of rotatable bonds is 4. The Morgan fingerprint density at radius 2 is 1.76 bits per heavy atom. The summed E-state index contributed by atoms with van der Waals surface area (Å²) in [5.74, 6) is 0. The van der Waals surface area contributed by atoms with Gasteiger partial charge in [0.25, 0.3) is 0 Å². The number of hydrogen-bond donors (Lipinski definition) is 1. The third kappa shape index (κ3) is 6.02. The number of piperazine rings is 1. The first kappa shape index (κ1) is 17.9. The zero-order valence-electron chi connectivity index (χ0n) is 12.5. The number of nitrogens with zero attached hydrogens (tertiary/aromatic N) is 3. The van der Waals surface area contributed by atoms with Crippen LogP contribution in [-0.2, 0) is 19.9 Å². The molecule has 1 aliphatic rings. The van der Waals surface area contributed by atoms with Crippen molar-refractivity contribution in [3.63, 3.8) is 0 Å². The molecular formula is C11H22N4O4S2.